The van der Waals surface area contributed by atoms with Gasteiger partial charge in [0.05, 0.1) is 10.7 Å². The highest BCUT2D eigenvalue weighted by molar-refractivity contribution is 9.10. The van der Waals surface area contributed by atoms with Crippen LogP contribution in [0.2, 0.25) is 0 Å². The first kappa shape index (κ1) is 14.8. The van der Waals surface area contributed by atoms with E-state index in [0.717, 1.165) is 41.9 Å². The van der Waals surface area contributed by atoms with Crippen LogP contribution in [0, 0.1) is 11.8 Å². The number of halogens is 1. The first-order valence-electron chi connectivity index (χ1n) is 7.42. The molecule has 0 bridgehead atoms. The number of hydrogen-bond donors (Lipinski definition) is 0. The summed E-state index contributed by atoms with van der Waals surface area (Å²) in [5, 5.41) is 4.30. The van der Waals surface area contributed by atoms with Gasteiger partial charge < -0.3 is 0 Å². The van der Waals surface area contributed by atoms with Crippen LogP contribution in [-0.2, 0) is 6.54 Å². The number of hydrogen-bond acceptors (Lipinski definition) is 2. The zero-order valence-corrected chi connectivity index (χ0v) is 13.4. The van der Waals surface area contributed by atoms with Gasteiger partial charge in [-0.05, 0) is 54.0 Å². The standard InChI is InChI=1S/C15H23BrN2O/c1-3-9-18-14(13(16)10-17-18)15(19)12-7-5-11(4-2)6-8-12/h10-12H,3-9H2,1-2H3. The van der Waals surface area contributed by atoms with Gasteiger partial charge in [0.1, 0.15) is 5.69 Å². The number of ketones is 1. The Kier molecular flexibility index (Phi) is 5.20. The van der Waals surface area contributed by atoms with E-state index in [1.165, 1.54) is 19.3 Å². The molecular formula is C15H23BrN2O. The summed E-state index contributed by atoms with van der Waals surface area (Å²) in [7, 11) is 0. The second-order valence-corrected chi connectivity index (χ2v) is 6.41. The summed E-state index contributed by atoms with van der Waals surface area (Å²) in [5.41, 5.74) is 0.779. The highest BCUT2D eigenvalue weighted by Crippen LogP contribution is 2.33. The number of Topliss-reactive ketones (excluding diaryl/α,β-unsaturated/α-hetero) is 1. The van der Waals surface area contributed by atoms with Crippen LogP contribution in [0.15, 0.2) is 10.7 Å². The second-order valence-electron chi connectivity index (χ2n) is 5.55. The summed E-state index contributed by atoms with van der Waals surface area (Å²) in [4.78, 5) is 12.7. The predicted octanol–water partition coefficient (Wildman–Crippen LogP) is 4.45. The Bertz CT molecular complexity index is 433. The SMILES string of the molecule is CCCn1ncc(Br)c1C(=O)C1CCC(CC)CC1. The summed E-state index contributed by atoms with van der Waals surface area (Å²) in [6.45, 7) is 5.17. The summed E-state index contributed by atoms with van der Waals surface area (Å²) in [6.07, 6.45) is 8.48. The zero-order chi connectivity index (χ0) is 13.8. The minimum atomic E-state index is 0.200. The molecule has 19 heavy (non-hydrogen) atoms. The largest absolute Gasteiger partial charge is 0.292 e. The monoisotopic (exact) mass is 326 g/mol. The van der Waals surface area contributed by atoms with Gasteiger partial charge in [-0.3, -0.25) is 9.48 Å². The van der Waals surface area contributed by atoms with Crippen LogP contribution in [0.1, 0.15) is 62.9 Å². The quantitative estimate of drug-likeness (QED) is 0.749. The van der Waals surface area contributed by atoms with Crippen molar-refractivity contribution in [3.8, 4) is 0 Å². The van der Waals surface area contributed by atoms with Gasteiger partial charge >= 0.3 is 0 Å². The average Bonchev–Trinajstić information content (AvgIpc) is 2.80. The number of rotatable bonds is 5. The van der Waals surface area contributed by atoms with Crippen LogP contribution in [0.4, 0.5) is 0 Å². The van der Waals surface area contributed by atoms with Gasteiger partial charge in [0.2, 0.25) is 0 Å². The van der Waals surface area contributed by atoms with Crippen LogP contribution in [-0.4, -0.2) is 15.6 Å². The Hall–Kier alpha value is -0.640. The van der Waals surface area contributed by atoms with Crippen LogP contribution in [0.5, 0.6) is 0 Å². The van der Waals surface area contributed by atoms with Gasteiger partial charge in [0.25, 0.3) is 0 Å². The Morgan fingerprint density at radius 1 is 1.37 bits per heavy atom. The molecule has 0 atom stereocenters. The van der Waals surface area contributed by atoms with Crippen molar-refractivity contribution >= 4 is 21.7 Å². The second kappa shape index (κ2) is 6.69. The van der Waals surface area contributed by atoms with Crippen molar-refractivity contribution < 1.29 is 4.79 Å². The van der Waals surface area contributed by atoms with Crippen molar-refractivity contribution in [3.63, 3.8) is 0 Å². The van der Waals surface area contributed by atoms with Gasteiger partial charge in [-0.2, -0.15) is 5.10 Å². The fourth-order valence-corrected chi connectivity index (χ4v) is 3.51. The van der Waals surface area contributed by atoms with E-state index >= 15 is 0 Å². The molecule has 2 rings (SSSR count). The molecule has 1 aromatic rings. The number of aromatic nitrogens is 2. The topological polar surface area (TPSA) is 34.9 Å². The molecule has 3 nitrogen and oxygen atoms in total. The maximum atomic E-state index is 12.7. The smallest absolute Gasteiger partial charge is 0.185 e. The van der Waals surface area contributed by atoms with Crippen molar-refractivity contribution in [1.29, 1.82) is 0 Å². The van der Waals surface area contributed by atoms with E-state index in [1.54, 1.807) is 6.20 Å². The number of carbonyl (C=O) groups is 1. The highest BCUT2D eigenvalue weighted by Gasteiger charge is 2.29. The van der Waals surface area contributed by atoms with Gasteiger partial charge in [-0.15, -0.1) is 0 Å². The Morgan fingerprint density at radius 2 is 2.05 bits per heavy atom. The fourth-order valence-electron chi connectivity index (χ4n) is 3.02. The molecule has 1 aliphatic rings. The molecule has 1 fully saturated rings. The molecule has 106 valence electrons. The normalized spacial score (nSPS) is 23.5. The molecule has 0 radical (unpaired) electrons. The van der Waals surface area contributed by atoms with E-state index in [1.807, 2.05) is 4.68 Å². The van der Waals surface area contributed by atoms with E-state index in [2.05, 4.69) is 34.9 Å². The van der Waals surface area contributed by atoms with E-state index in [0.29, 0.717) is 0 Å². The van der Waals surface area contributed by atoms with Crippen molar-refractivity contribution in [3.05, 3.63) is 16.4 Å². The number of nitrogens with zero attached hydrogens (tertiary/aromatic N) is 2. The molecule has 1 aliphatic carbocycles. The van der Waals surface area contributed by atoms with Crippen molar-refractivity contribution in [1.82, 2.24) is 9.78 Å². The number of aryl methyl sites for hydroxylation is 1. The maximum Gasteiger partial charge on any atom is 0.185 e. The summed E-state index contributed by atoms with van der Waals surface area (Å²) < 4.78 is 2.71. The zero-order valence-electron chi connectivity index (χ0n) is 11.9. The lowest BCUT2D eigenvalue weighted by Crippen LogP contribution is -2.24. The van der Waals surface area contributed by atoms with E-state index in [9.17, 15) is 4.79 Å². The molecule has 1 aromatic heterocycles. The van der Waals surface area contributed by atoms with E-state index in [4.69, 9.17) is 0 Å². The van der Waals surface area contributed by atoms with Crippen molar-refractivity contribution in [2.75, 3.05) is 0 Å². The van der Waals surface area contributed by atoms with E-state index < -0.39 is 0 Å². The average molecular weight is 327 g/mol. The summed E-state index contributed by atoms with van der Waals surface area (Å²) in [5.74, 6) is 1.31. The molecule has 0 aromatic carbocycles. The van der Waals surface area contributed by atoms with Crippen molar-refractivity contribution in [2.24, 2.45) is 11.8 Å². The van der Waals surface area contributed by atoms with Crippen LogP contribution >= 0.6 is 15.9 Å². The molecule has 0 saturated heterocycles. The van der Waals surface area contributed by atoms with Crippen LogP contribution in [0.25, 0.3) is 0 Å². The Balaban J connectivity index is 2.09. The lowest BCUT2D eigenvalue weighted by Gasteiger charge is -2.27. The molecule has 0 spiro atoms. The van der Waals surface area contributed by atoms with Crippen LogP contribution < -0.4 is 0 Å². The fraction of sp³-hybridized carbons (Fsp3) is 0.733. The minimum absolute atomic E-state index is 0.200. The van der Waals surface area contributed by atoms with Gasteiger partial charge in [0, 0.05) is 12.5 Å². The van der Waals surface area contributed by atoms with Gasteiger partial charge in [0.15, 0.2) is 5.78 Å². The first-order chi connectivity index (χ1) is 9.17. The molecule has 0 aliphatic heterocycles. The molecule has 1 saturated carbocycles. The Labute approximate surface area is 123 Å². The van der Waals surface area contributed by atoms with Crippen LogP contribution in [0.3, 0.4) is 0 Å². The highest BCUT2D eigenvalue weighted by atomic mass is 79.9. The first-order valence-corrected chi connectivity index (χ1v) is 8.22. The lowest BCUT2D eigenvalue weighted by molar-refractivity contribution is 0.0858. The molecule has 0 amide bonds. The van der Waals surface area contributed by atoms with Crippen molar-refractivity contribution in [2.45, 2.75) is 58.9 Å². The third-order valence-electron chi connectivity index (χ3n) is 4.26. The molecular weight excluding hydrogens is 304 g/mol. The van der Waals surface area contributed by atoms with E-state index in [-0.39, 0.29) is 11.7 Å². The lowest BCUT2D eigenvalue weighted by atomic mass is 9.78. The van der Waals surface area contributed by atoms with Gasteiger partial charge in [-0.1, -0.05) is 20.3 Å². The summed E-state index contributed by atoms with van der Waals surface area (Å²) >= 11 is 3.48. The minimum Gasteiger partial charge on any atom is -0.292 e. The third kappa shape index (κ3) is 3.28. The molecule has 0 N–H and O–H groups in total. The molecule has 4 heteroatoms. The summed E-state index contributed by atoms with van der Waals surface area (Å²) in [6, 6.07) is 0. The van der Waals surface area contributed by atoms with Gasteiger partial charge in [-0.25, -0.2) is 0 Å². The number of carbonyl (C=O) groups excluding carboxylic acids is 1. The molecule has 0 unspecified atom stereocenters. The third-order valence-corrected chi connectivity index (χ3v) is 4.84. The molecule has 1 heterocycles. The predicted molar refractivity (Wildman–Crippen MR) is 80.3 cm³/mol. The maximum absolute atomic E-state index is 12.7. The Morgan fingerprint density at radius 3 is 2.63 bits per heavy atom.